The zero-order valence-electron chi connectivity index (χ0n) is 12.0. The summed E-state index contributed by atoms with van der Waals surface area (Å²) in [7, 11) is 0. The molecule has 2 amide bonds. The highest BCUT2D eigenvalue weighted by molar-refractivity contribution is 5.97. The number of urea groups is 1. The molecule has 1 fully saturated rings. The molecular weight excluding hydrogens is 268 g/mol. The van der Waals surface area contributed by atoms with Gasteiger partial charge in [0.15, 0.2) is 0 Å². The number of aromatic carboxylic acids is 1. The summed E-state index contributed by atoms with van der Waals surface area (Å²) < 4.78 is 0. The molecule has 1 saturated carbocycles. The fourth-order valence-electron chi connectivity index (χ4n) is 3.36. The molecule has 5 heteroatoms. The third-order valence-electron chi connectivity index (χ3n) is 4.41. The zero-order chi connectivity index (χ0) is 14.8. The van der Waals surface area contributed by atoms with E-state index in [0.717, 1.165) is 30.5 Å². The molecule has 1 aliphatic carbocycles. The van der Waals surface area contributed by atoms with Gasteiger partial charge in [-0.2, -0.15) is 0 Å². The molecule has 2 N–H and O–H groups in total. The number of rotatable bonds is 2. The minimum Gasteiger partial charge on any atom is -0.478 e. The number of fused-ring (bicyclic) bond motifs is 1. The van der Waals surface area contributed by atoms with E-state index in [1.165, 1.54) is 12.8 Å². The van der Waals surface area contributed by atoms with Crippen molar-refractivity contribution in [2.45, 2.75) is 44.6 Å². The molecule has 112 valence electrons. The average molecular weight is 288 g/mol. The summed E-state index contributed by atoms with van der Waals surface area (Å²) in [6.45, 7) is 0.647. The summed E-state index contributed by atoms with van der Waals surface area (Å²) in [5.41, 5.74) is 1.83. The highest BCUT2D eigenvalue weighted by atomic mass is 16.4. The van der Waals surface area contributed by atoms with E-state index in [4.69, 9.17) is 0 Å². The Hall–Kier alpha value is -2.04. The van der Waals surface area contributed by atoms with Gasteiger partial charge in [0.25, 0.3) is 0 Å². The summed E-state index contributed by atoms with van der Waals surface area (Å²) in [5, 5.41) is 12.4. The summed E-state index contributed by atoms with van der Waals surface area (Å²) in [5.74, 6) is -0.926. The number of carboxylic acids is 1. The maximum Gasteiger partial charge on any atom is 0.336 e. The number of hydrogen-bond acceptors (Lipinski definition) is 2. The second-order valence-corrected chi connectivity index (χ2v) is 5.79. The van der Waals surface area contributed by atoms with Crippen LogP contribution in [0.15, 0.2) is 18.2 Å². The first-order valence-electron chi connectivity index (χ1n) is 7.60. The Kier molecular flexibility index (Phi) is 3.82. The molecule has 0 radical (unpaired) electrons. The lowest BCUT2D eigenvalue weighted by Gasteiger charge is -2.31. The van der Waals surface area contributed by atoms with Gasteiger partial charge in [0.1, 0.15) is 0 Å². The fourth-order valence-corrected chi connectivity index (χ4v) is 3.36. The Bertz CT molecular complexity index is 565. The summed E-state index contributed by atoms with van der Waals surface area (Å²) in [6.07, 6.45) is 5.94. The van der Waals surface area contributed by atoms with E-state index in [1.54, 1.807) is 17.0 Å². The predicted octanol–water partition coefficient (Wildman–Crippen LogP) is 2.79. The number of amides is 2. The third-order valence-corrected chi connectivity index (χ3v) is 4.41. The van der Waals surface area contributed by atoms with E-state index < -0.39 is 5.97 Å². The van der Waals surface area contributed by atoms with Crippen molar-refractivity contribution in [2.24, 2.45) is 0 Å². The quantitative estimate of drug-likeness (QED) is 0.879. The molecule has 1 heterocycles. The number of anilines is 1. The highest BCUT2D eigenvalue weighted by Crippen LogP contribution is 2.30. The SMILES string of the molecule is O=C(O)c1cccc2c1CCCN2C(=O)NC1CCCC1. The lowest BCUT2D eigenvalue weighted by Crippen LogP contribution is -2.46. The van der Waals surface area contributed by atoms with Gasteiger partial charge in [-0.25, -0.2) is 9.59 Å². The number of nitrogens with one attached hydrogen (secondary N) is 1. The van der Waals surface area contributed by atoms with Crippen LogP contribution >= 0.6 is 0 Å². The van der Waals surface area contributed by atoms with E-state index >= 15 is 0 Å². The number of carboxylic acid groups (broad SMARTS) is 1. The van der Waals surface area contributed by atoms with E-state index in [1.807, 2.05) is 6.07 Å². The summed E-state index contributed by atoms with van der Waals surface area (Å²) in [4.78, 5) is 25.5. The Morgan fingerprint density at radius 2 is 1.95 bits per heavy atom. The van der Waals surface area contributed by atoms with Crippen molar-refractivity contribution in [3.05, 3.63) is 29.3 Å². The second kappa shape index (κ2) is 5.76. The molecule has 0 bridgehead atoms. The van der Waals surface area contributed by atoms with Crippen LogP contribution in [0.1, 0.15) is 48.0 Å². The molecule has 0 saturated heterocycles. The van der Waals surface area contributed by atoms with Crippen LogP contribution in [0.5, 0.6) is 0 Å². The van der Waals surface area contributed by atoms with Crippen LogP contribution in [-0.2, 0) is 6.42 Å². The van der Waals surface area contributed by atoms with Crippen LogP contribution < -0.4 is 10.2 Å². The predicted molar refractivity (Wildman–Crippen MR) is 79.9 cm³/mol. The van der Waals surface area contributed by atoms with Crippen LogP contribution in [0, 0.1) is 0 Å². The molecule has 3 rings (SSSR count). The number of benzene rings is 1. The molecule has 0 atom stereocenters. The van der Waals surface area contributed by atoms with Crippen LogP contribution in [0.2, 0.25) is 0 Å². The van der Waals surface area contributed by atoms with Crippen molar-refractivity contribution in [1.29, 1.82) is 0 Å². The third kappa shape index (κ3) is 2.73. The molecular formula is C16H20N2O3. The van der Waals surface area contributed by atoms with Crippen molar-refractivity contribution in [3.8, 4) is 0 Å². The van der Waals surface area contributed by atoms with Crippen LogP contribution in [0.4, 0.5) is 10.5 Å². The normalized spacial score (nSPS) is 18.4. The van der Waals surface area contributed by atoms with Gasteiger partial charge < -0.3 is 10.4 Å². The van der Waals surface area contributed by atoms with Gasteiger partial charge in [-0.3, -0.25) is 4.90 Å². The first kappa shape index (κ1) is 13.9. The molecule has 21 heavy (non-hydrogen) atoms. The molecule has 2 aliphatic rings. The number of carbonyl (C=O) groups is 2. The van der Waals surface area contributed by atoms with E-state index in [0.29, 0.717) is 18.5 Å². The van der Waals surface area contributed by atoms with Gasteiger partial charge in [0.2, 0.25) is 0 Å². The molecule has 0 unspecified atom stereocenters. The average Bonchev–Trinajstić information content (AvgIpc) is 2.98. The minimum absolute atomic E-state index is 0.0922. The lowest BCUT2D eigenvalue weighted by molar-refractivity contribution is 0.0695. The first-order valence-corrected chi connectivity index (χ1v) is 7.60. The van der Waals surface area contributed by atoms with Crippen LogP contribution in [-0.4, -0.2) is 29.7 Å². The summed E-state index contributed by atoms with van der Waals surface area (Å²) in [6, 6.07) is 5.34. The molecule has 1 aromatic carbocycles. The number of hydrogen-bond donors (Lipinski definition) is 2. The Balaban J connectivity index is 1.84. The van der Waals surface area contributed by atoms with Crippen molar-refractivity contribution in [3.63, 3.8) is 0 Å². The fraction of sp³-hybridized carbons (Fsp3) is 0.500. The Morgan fingerprint density at radius 1 is 1.19 bits per heavy atom. The molecule has 1 aliphatic heterocycles. The maximum absolute atomic E-state index is 12.5. The maximum atomic E-state index is 12.5. The van der Waals surface area contributed by atoms with Gasteiger partial charge in [0, 0.05) is 18.3 Å². The van der Waals surface area contributed by atoms with Gasteiger partial charge in [0.05, 0.1) is 5.56 Å². The molecule has 5 nitrogen and oxygen atoms in total. The molecule has 0 spiro atoms. The zero-order valence-corrected chi connectivity index (χ0v) is 12.0. The smallest absolute Gasteiger partial charge is 0.336 e. The van der Waals surface area contributed by atoms with Gasteiger partial charge >= 0.3 is 12.0 Å². The van der Waals surface area contributed by atoms with Crippen molar-refractivity contribution < 1.29 is 14.7 Å². The van der Waals surface area contributed by atoms with Crippen molar-refractivity contribution >= 4 is 17.7 Å². The van der Waals surface area contributed by atoms with Crippen LogP contribution in [0.25, 0.3) is 0 Å². The van der Waals surface area contributed by atoms with Crippen LogP contribution in [0.3, 0.4) is 0 Å². The largest absolute Gasteiger partial charge is 0.478 e. The van der Waals surface area contributed by atoms with E-state index in [-0.39, 0.29) is 12.1 Å². The van der Waals surface area contributed by atoms with Crippen molar-refractivity contribution in [1.82, 2.24) is 5.32 Å². The van der Waals surface area contributed by atoms with E-state index in [2.05, 4.69) is 5.32 Å². The molecule has 0 aromatic heterocycles. The number of carbonyl (C=O) groups excluding carboxylic acids is 1. The Morgan fingerprint density at radius 3 is 2.67 bits per heavy atom. The van der Waals surface area contributed by atoms with Gasteiger partial charge in [-0.15, -0.1) is 0 Å². The topological polar surface area (TPSA) is 69.6 Å². The monoisotopic (exact) mass is 288 g/mol. The first-order chi connectivity index (χ1) is 10.2. The Labute approximate surface area is 123 Å². The second-order valence-electron chi connectivity index (χ2n) is 5.79. The summed E-state index contributed by atoms with van der Waals surface area (Å²) >= 11 is 0. The number of nitrogens with zero attached hydrogens (tertiary/aromatic N) is 1. The minimum atomic E-state index is -0.926. The van der Waals surface area contributed by atoms with Crippen molar-refractivity contribution in [2.75, 3.05) is 11.4 Å². The standard InChI is InChI=1S/C16H20N2O3/c19-15(20)13-7-3-9-14-12(13)8-4-10-18(14)16(21)17-11-5-1-2-6-11/h3,7,9,11H,1-2,4-6,8,10H2,(H,17,21)(H,19,20). The lowest BCUT2D eigenvalue weighted by atomic mass is 9.96. The van der Waals surface area contributed by atoms with Gasteiger partial charge in [-0.05, 0) is 43.4 Å². The highest BCUT2D eigenvalue weighted by Gasteiger charge is 2.27. The molecule has 1 aromatic rings. The van der Waals surface area contributed by atoms with Gasteiger partial charge in [-0.1, -0.05) is 18.9 Å². The van der Waals surface area contributed by atoms with E-state index in [9.17, 15) is 14.7 Å².